The van der Waals surface area contributed by atoms with Gasteiger partial charge in [-0.15, -0.1) is 11.3 Å². The number of benzene rings is 2. The Labute approximate surface area is 119 Å². The Morgan fingerprint density at radius 2 is 2.15 bits per heavy atom. The molecule has 0 aliphatic carbocycles. The topological polar surface area (TPSA) is 60.2 Å². The van der Waals surface area contributed by atoms with Crippen LogP contribution >= 0.6 is 11.3 Å². The van der Waals surface area contributed by atoms with E-state index in [2.05, 4.69) is 10.3 Å². The number of nitrogen functional groups attached to an aromatic ring is 1. The predicted molar refractivity (Wildman–Crippen MR) is 80.3 cm³/mol. The monoisotopic (exact) mass is 289 g/mol. The molecule has 0 aliphatic heterocycles. The largest absolute Gasteiger partial charge is 0.494 e. The Bertz CT molecular complexity index is 772. The molecule has 1 heterocycles. The minimum atomic E-state index is -0.425. The number of methoxy groups -OCH3 is 1. The van der Waals surface area contributed by atoms with E-state index in [1.54, 1.807) is 17.6 Å². The summed E-state index contributed by atoms with van der Waals surface area (Å²) in [6.07, 6.45) is 0. The number of fused-ring (bicyclic) bond motifs is 1. The van der Waals surface area contributed by atoms with Gasteiger partial charge in [0, 0.05) is 11.8 Å². The lowest BCUT2D eigenvalue weighted by Crippen LogP contribution is -1.98. The molecule has 3 aromatic rings. The molecule has 0 bridgehead atoms. The van der Waals surface area contributed by atoms with Gasteiger partial charge in [0.15, 0.2) is 11.6 Å². The molecule has 6 heteroatoms. The van der Waals surface area contributed by atoms with Crippen molar-refractivity contribution in [1.29, 1.82) is 0 Å². The first-order valence-corrected chi connectivity index (χ1v) is 6.79. The first-order valence-electron chi connectivity index (χ1n) is 5.91. The molecule has 0 unspecified atom stereocenters. The highest BCUT2D eigenvalue weighted by molar-refractivity contribution is 7.16. The zero-order valence-corrected chi connectivity index (χ0v) is 11.5. The van der Waals surface area contributed by atoms with Gasteiger partial charge in [-0.1, -0.05) is 0 Å². The van der Waals surface area contributed by atoms with E-state index in [0.29, 0.717) is 17.1 Å². The quantitative estimate of drug-likeness (QED) is 0.721. The van der Waals surface area contributed by atoms with Crippen LogP contribution in [0.5, 0.6) is 5.75 Å². The molecule has 0 atom stereocenters. The summed E-state index contributed by atoms with van der Waals surface area (Å²) in [6, 6.07) is 8.45. The summed E-state index contributed by atoms with van der Waals surface area (Å²) in [6.45, 7) is 0. The summed E-state index contributed by atoms with van der Waals surface area (Å²) >= 11 is 1.53. The highest BCUT2D eigenvalue weighted by Crippen LogP contribution is 2.32. The van der Waals surface area contributed by atoms with Crippen molar-refractivity contribution in [3.63, 3.8) is 0 Å². The molecule has 0 amide bonds. The van der Waals surface area contributed by atoms with Crippen LogP contribution in [0, 0.1) is 5.82 Å². The highest BCUT2D eigenvalue weighted by atomic mass is 32.1. The molecule has 0 fully saturated rings. The van der Waals surface area contributed by atoms with Crippen molar-refractivity contribution >= 4 is 38.6 Å². The van der Waals surface area contributed by atoms with E-state index in [0.717, 1.165) is 10.2 Å². The SMILES string of the molecule is COc1ccc(Nc2ccc3scnc3c2N)cc1F. The van der Waals surface area contributed by atoms with Crippen LogP contribution in [-0.2, 0) is 0 Å². The van der Waals surface area contributed by atoms with Crippen molar-refractivity contribution in [3.05, 3.63) is 41.7 Å². The smallest absolute Gasteiger partial charge is 0.167 e. The van der Waals surface area contributed by atoms with E-state index in [1.165, 1.54) is 24.5 Å². The number of hydrogen-bond acceptors (Lipinski definition) is 5. The maximum Gasteiger partial charge on any atom is 0.167 e. The lowest BCUT2D eigenvalue weighted by Gasteiger charge is -2.11. The molecular formula is C14H12FN3OS. The van der Waals surface area contributed by atoms with Gasteiger partial charge in [-0.2, -0.15) is 0 Å². The summed E-state index contributed by atoms with van der Waals surface area (Å²) in [5.74, 6) is -0.218. The summed E-state index contributed by atoms with van der Waals surface area (Å²) in [5.41, 5.74) is 10.4. The van der Waals surface area contributed by atoms with Crippen LogP contribution in [-0.4, -0.2) is 12.1 Å². The minimum absolute atomic E-state index is 0.207. The molecule has 0 spiro atoms. The van der Waals surface area contributed by atoms with E-state index >= 15 is 0 Å². The molecule has 0 aliphatic rings. The fraction of sp³-hybridized carbons (Fsp3) is 0.0714. The first kappa shape index (κ1) is 12.7. The maximum atomic E-state index is 13.7. The second kappa shape index (κ2) is 4.97. The Morgan fingerprint density at radius 3 is 2.90 bits per heavy atom. The predicted octanol–water partition coefficient (Wildman–Crippen LogP) is 3.77. The first-order chi connectivity index (χ1) is 9.69. The van der Waals surface area contributed by atoms with Gasteiger partial charge in [-0.05, 0) is 24.3 Å². The Hall–Kier alpha value is -2.34. The van der Waals surface area contributed by atoms with Crippen LogP contribution in [0.2, 0.25) is 0 Å². The fourth-order valence-electron chi connectivity index (χ4n) is 1.96. The average Bonchev–Trinajstić information content (AvgIpc) is 2.91. The van der Waals surface area contributed by atoms with Gasteiger partial charge in [0.2, 0.25) is 0 Å². The lowest BCUT2D eigenvalue weighted by atomic mass is 10.2. The van der Waals surface area contributed by atoms with E-state index in [1.807, 2.05) is 12.1 Å². The zero-order valence-electron chi connectivity index (χ0n) is 10.7. The van der Waals surface area contributed by atoms with E-state index in [9.17, 15) is 4.39 Å². The van der Waals surface area contributed by atoms with Crippen molar-refractivity contribution in [2.45, 2.75) is 0 Å². The fourth-order valence-corrected chi connectivity index (χ4v) is 2.65. The molecule has 102 valence electrons. The van der Waals surface area contributed by atoms with Crippen LogP contribution in [0.25, 0.3) is 10.2 Å². The summed E-state index contributed by atoms with van der Waals surface area (Å²) in [4.78, 5) is 4.22. The molecule has 1 aromatic heterocycles. The van der Waals surface area contributed by atoms with E-state index in [-0.39, 0.29) is 5.75 Å². The molecule has 0 radical (unpaired) electrons. The van der Waals surface area contributed by atoms with Gasteiger partial charge in [-0.25, -0.2) is 9.37 Å². The summed E-state index contributed by atoms with van der Waals surface area (Å²) in [5, 5.41) is 3.09. The summed E-state index contributed by atoms with van der Waals surface area (Å²) < 4.78 is 19.6. The van der Waals surface area contributed by atoms with Crippen molar-refractivity contribution in [1.82, 2.24) is 4.98 Å². The number of aromatic nitrogens is 1. The molecule has 0 saturated heterocycles. The Balaban J connectivity index is 1.96. The van der Waals surface area contributed by atoms with Crippen LogP contribution in [0.15, 0.2) is 35.8 Å². The third-order valence-electron chi connectivity index (χ3n) is 2.97. The number of nitrogens with two attached hydrogens (primary N) is 1. The number of nitrogens with zero attached hydrogens (tertiary/aromatic N) is 1. The molecule has 0 saturated carbocycles. The Morgan fingerprint density at radius 1 is 1.30 bits per heavy atom. The van der Waals surface area contributed by atoms with Gasteiger partial charge in [-0.3, -0.25) is 0 Å². The number of ether oxygens (including phenoxy) is 1. The third kappa shape index (κ3) is 2.14. The second-order valence-electron chi connectivity index (χ2n) is 4.20. The van der Waals surface area contributed by atoms with Crippen molar-refractivity contribution < 1.29 is 9.13 Å². The molecule has 3 N–H and O–H groups in total. The van der Waals surface area contributed by atoms with Crippen molar-refractivity contribution in [3.8, 4) is 5.75 Å². The van der Waals surface area contributed by atoms with Gasteiger partial charge in [0.05, 0.1) is 28.7 Å². The highest BCUT2D eigenvalue weighted by Gasteiger charge is 2.08. The molecule has 4 nitrogen and oxygen atoms in total. The Kier molecular flexibility index (Phi) is 3.15. The van der Waals surface area contributed by atoms with Crippen molar-refractivity contribution in [2.75, 3.05) is 18.2 Å². The normalized spacial score (nSPS) is 10.7. The lowest BCUT2D eigenvalue weighted by molar-refractivity contribution is 0.386. The van der Waals surface area contributed by atoms with Gasteiger partial charge < -0.3 is 15.8 Å². The number of thiazole rings is 1. The van der Waals surface area contributed by atoms with E-state index < -0.39 is 5.82 Å². The maximum absolute atomic E-state index is 13.7. The number of nitrogens with one attached hydrogen (secondary N) is 1. The van der Waals surface area contributed by atoms with E-state index in [4.69, 9.17) is 10.5 Å². The van der Waals surface area contributed by atoms with Gasteiger partial charge in [0.1, 0.15) is 5.52 Å². The third-order valence-corrected chi connectivity index (χ3v) is 3.77. The molecule has 20 heavy (non-hydrogen) atoms. The van der Waals surface area contributed by atoms with Crippen LogP contribution in [0.3, 0.4) is 0 Å². The molecule has 2 aromatic carbocycles. The van der Waals surface area contributed by atoms with Crippen LogP contribution in [0.4, 0.5) is 21.5 Å². The average molecular weight is 289 g/mol. The zero-order chi connectivity index (χ0) is 14.1. The van der Waals surface area contributed by atoms with Crippen molar-refractivity contribution in [2.24, 2.45) is 0 Å². The van der Waals surface area contributed by atoms with Gasteiger partial charge in [0.25, 0.3) is 0 Å². The number of rotatable bonds is 3. The molecule has 3 rings (SSSR count). The number of hydrogen-bond donors (Lipinski definition) is 2. The minimum Gasteiger partial charge on any atom is -0.494 e. The number of halogens is 1. The van der Waals surface area contributed by atoms with Crippen LogP contribution in [0.1, 0.15) is 0 Å². The van der Waals surface area contributed by atoms with Crippen LogP contribution < -0.4 is 15.8 Å². The standard InChI is InChI=1S/C14H12FN3OS/c1-19-11-4-2-8(6-9(11)15)18-10-3-5-12-14(13(10)16)17-7-20-12/h2-7,18H,16H2,1H3. The second-order valence-corrected chi connectivity index (χ2v) is 5.09. The van der Waals surface area contributed by atoms with Gasteiger partial charge >= 0.3 is 0 Å². The molecular weight excluding hydrogens is 277 g/mol. The summed E-state index contributed by atoms with van der Waals surface area (Å²) in [7, 11) is 1.43. The number of anilines is 3.